The zero-order valence-corrected chi connectivity index (χ0v) is 29.0. The lowest BCUT2D eigenvalue weighted by molar-refractivity contribution is -0.145. The maximum atomic E-state index is 13.6. The van der Waals surface area contributed by atoms with Crippen molar-refractivity contribution < 1.29 is 33.4 Å². The Morgan fingerprint density at radius 1 is 0.714 bits per heavy atom. The van der Waals surface area contributed by atoms with Crippen molar-refractivity contribution in [2.45, 2.75) is 89.3 Å². The molecule has 10 heteroatoms. The van der Waals surface area contributed by atoms with Crippen LogP contribution in [0.1, 0.15) is 81.9 Å². The number of unbranched alkanes of at least 4 members (excludes halogenated alkanes) is 2. The number of aryl methyl sites for hydroxylation is 1. The van der Waals surface area contributed by atoms with Crippen LogP contribution in [0.15, 0.2) is 78.9 Å². The van der Waals surface area contributed by atoms with Crippen molar-refractivity contribution in [2.75, 3.05) is 20.3 Å². The molecule has 0 aliphatic heterocycles. The van der Waals surface area contributed by atoms with Gasteiger partial charge in [0.2, 0.25) is 5.91 Å². The molecule has 3 aromatic carbocycles. The summed E-state index contributed by atoms with van der Waals surface area (Å²) in [5.41, 5.74) is 4.98. The maximum absolute atomic E-state index is 13.6. The van der Waals surface area contributed by atoms with Gasteiger partial charge in [-0.25, -0.2) is 14.4 Å². The smallest absolute Gasteiger partial charge is 0.407 e. The summed E-state index contributed by atoms with van der Waals surface area (Å²) in [6.07, 6.45) is 2.81. The summed E-state index contributed by atoms with van der Waals surface area (Å²) in [6.45, 7) is 5.79. The van der Waals surface area contributed by atoms with Gasteiger partial charge in [-0.1, -0.05) is 85.3 Å². The number of fused-ring (bicyclic) bond motifs is 3. The van der Waals surface area contributed by atoms with Gasteiger partial charge in [0, 0.05) is 12.5 Å². The van der Waals surface area contributed by atoms with E-state index in [9.17, 15) is 19.2 Å². The number of hydrogen-bond donors (Lipinski definition) is 3. The molecule has 0 saturated carbocycles. The van der Waals surface area contributed by atoms with Crippen molar-refractivity contribution in [3.05, 3.63) is 95.6 Å². The van der Waals surface area contributed by atoms with Gasteiger partial charge in [-0.15, -0.1) is 0 Å². The lowest BCUT2D eigenvalue weighted by Crippen LogP contribution is -2.52. The quantitative estimate of drug-likeness (QED) is 0.0882. The third-order valence-electron chi connectivity index (χ3n) is 8.39. The van der Waals surface area contributed by atoms with Crippen LogP contribution in [0, 0.1) is 0 Å². The molecule has 0 unspecified atom stereocenters. The van der Waals surface area contributed by atoms with Crippen LogP contribution in [-0.4, -0.2) is 62.0 Å². The fourth-order valence-corrected chi connectivity index (χ4v) is 6.02. The first-order valence-electron chi connectivity index (χ1n) is 17.1. The summed E-state index contributed by atoms with van der Waals surface area (Å²) in [4.78, 5) is 51.5. The molecule has 49 heavy (non-hydrogen) atoms. The fourth-order valence-electron chi connectivity index (χ4n) is 6.02. The first-order chi connectivity index (χ1) is 23.6. The second-order valence-corrected chi connectivity index (χ2v) is 13.3. The first kappa shape index (κ1) is 37.0. The van der Waals surface area contributed by atoms with Crippen LogP contribution in [0.25, 0.3) is 11.1 Å². The summed E-state index contributed by atoms with van der Waals surface area (Å²) < 4.78 is 16.0. The third kappa shape index (κ3) is 11.4. The van der Waals surface area contributed by atoms with Crippen molar-refractivity contribution in [1.29, 1.82) is 0 Å². The van der Waals surface area contributed by atoms with Crippen LogP contribution in [-0.2, 0) is 30.2 Å². The van der Waals surface area contributed by atoms with Crippen LogP contribution < -0.4 is 16.0 Å². The lowest BCUT2D eigenvalue weighted by atomic mass is 9.98. The fraction of sp³-hybridized carbons (Fsp3) is 0.436. The Kier molecular flexibility index (Phi) is 13.6. The van der Waals surface area contributed by atoms with E-state index in [-0.39, 0.29) is 18.9 Å². The van der Waals surface area contributed by atoms with Crippen molar-refractivity contribution >= 4 is 24.1 Å². The van der Waals surface area contributed by atoms with E-state index in [0.717, 1.165) is 35.1 Å². The predicted molar refractivity (Wildman–Crippen MR) is 188 cm³/mol. The summed E-state index contributed by atoms with van der Waals surface area (Å²) in [6, 6.07) is 24.3. The van der Waals surface area contributed by atoms with Gasteiger partial charge in [0.05, 0.1) is 7.11 Å². The molecular weight excluding hydrogens is 622 g/mol. The number of carbonyl (C=O) groups excluding carboxylic acids is 4. The van der Waals surface area contributed by atoms with Gasteiger partial charge in [-0.3, -0.25) is 4.79 Å². The number of esters is 1. The van der Waals surface area contributed by atoms with E-state index < -0.39 is 41.7 Å². The van der Waals surface area contributed by atoms with Gasteiger partial charge in [0.15, 0.2) is 0 Å². The summed E-state index contributed by atoms with van der Waals surface area (Å²) >= 11 is 0. The molecule has 4 rings (SSSR count). The Balaban J connectivity index is 1.36. The number of methoxy groups -OCH3 is 1. The molecule has 1 aliphatic rings. The zero-order valence-electron chi connectivity index (χ0n) is 29.0. The number of carbonyl (C=O) groups is 4. The van der Waals surface area contributed by atoms with E-state index in [1.165, 1.54) is 12.7 Å². The standard InChI is InChI=1S/C39H49N3O7/c1-39(2,3)49-37(45)40-25-15-14-23-33(35(43)41-34(36(44)47-4)24-13-8-18-27-16-6-5-7-17-27)42-38(46)48-26-32-30-21-11-9-19-28(30)29-20-10-12-22-31(29)32/h5-7,9-12,16-17,19-22,32-34H,8,13-15,18,23-26H2,1-4H3,(H,40,45)(H,41,43)(H,42,46)/t33-,34-/m0/s1. The number of ether oxygens (including phenoxy) is 3. The molecule has 0 spiro atoms. The molecule has 0 bridgehead atoms. The number of alkyl carbamates (subject to hydrolysis) is 2. The van der Waals surface area contributed by atoms with Crippen molar-refractivity contribution in [1.82, 2.24) is 16.0 Å². The van der Waals surface area contributed by atoms with Crippen molar-refractivity contribution in [3.63, 3.8) is 0 Å². The molecule has 10 nitrogen and oxygen atoms in total. The SMILES string of the molecule is COC(=O)[C@H](CCCCc1ccccc1)NC(=O)[C@H](CCCCNC(=O)OC(C)(C)C)NC(=O)OCC1c2ccccc2-c2ccccc21. The average molecular weight is 672 g/mol. The Bertz CT molecular complexity index is 1510. The first-order valence-corrected chi connectivity index (χ1v) is 17.1. The van der Waals surface area contributed by atoms with E-state index in [2.05, 4.69) is 40.2 Å². The highest BCUT2D eigenvalue weighted by atomic mass is 16.6. The summed E-state index contributed by atoms with van der Waals surface area (Å²) in [5, 5.41) is 8.25. The van der Waals surface area contributed by atoms with Crippen molar-refractivity contribution in [3.8, 4) is 11.1 Å². The topological polar surface area (TPSA) is 132 Å². The second kappa shape index (κ2) is 18.1. The van der Waals surface area contributed by atoms with Crippen LogP contribution in [0.4, 0.5) is 9.59 Å². The Labute approximate surface area is 289 Å². The Morgan fingerprint density at radius 2 is 1.31 bits per heavy atom. The molecule has 1 aliphatic carbocycles. The van der Waals surface area contributed by atoms with Crippen LogP contribution in [0.3, 0.4) is 0 Å². The van der Waals surface area contributed by atoms with Crippen LogP contribution in [0.2, 0.25) is 0 Å². The molecule has 262 valence electrons. The highest BCUT2D eigenvalue weighted by molar-refractivity contribution is 5.89. The number of rotatable bonds is 16. The minimum atomic E-state index is -0.978. The third-order valence-corrected chi connectivity index (χ3v) is 8.39. The Morgan fingerprint density at radius 3 is 1.94 bits per heavy atom. The number of amides is 3. The van der Waals surface area contributed by atoms with Gasteiger partial charge >= 0.3 is 18.2 Å². The van der Waals surface area contributed by atoms with Crippen molar-refractivity contribution in [2.24, 2.45) is 0 Å². The lowest BCUT2D eigenvalue weighted by Gasteiger charge is -2.23. The van der Waals surface area contributed by atoms with E-state index in [1.54, 1.807) is 20.8 Å². The van der Waals surface area contributed by atoms with Crippen LogP contribution in [0.5, 0.6) is 0 Å². The van der Waals surface area contributed by atoms with Crippen LogP contribution >= 0.6 is 0 Å². The minimum absolute atomic E-state index is 0.0974. The summed E-state index contributed by atoms with van der Waals surface area (Å²) in [7, 11) is 1.29. The molecule has 0 heterocycles. The van der Waals surface area contributed by atoms with Gasteiger partial charge in [-0.2, -0.15) is 0 Å². The van der Waals surface area contributed by atoms with E-state index >= 15 is 0 Å². The van der Waals surface area contributed by atoms with Gasteiger partial charge in [0.1, 0.15) is 24.3 Å². The van der Waals surface area contributed by atoms with E-state index in [4.69, 9.17) is 14.2 Å². The molecule has 0 aromatic heterocycles. The minimum Gasteiger partial charge on any atom is -0.467 e. The molecule has 0 saturated heterocycles. The molecule has 0 radical (unpaired) electrons. The zero-order chi connectivity index (χ0) is 35.2. The molecule has 3 N–H and O–H groups in total. The largest absolute Gasteiger partial charge is 0.467 e. The average Bonchev–Trinajstić information content (AvgIpc) is 3.40. The maximum Gasteiger partial charge on any atom is 0.407 e. The number of hydrogen-bond acceptors (Lipinski definition) is 7. The summed E-state index contributed by atoms with van der Waals surface area (Å²) in [5.74, 6) is -1.19. The monoisotopic (exact) mass is 671 g/mol. The van der Waals surface area contributed by atoms with E-state index in [0.29, 0.717) is 32.2 Å². The number of benzene rings is 3. The van der Waals surface area contributed by atoms with E-state index in [1.807, 2.05) is 54.6 Å². The molecule has 0 fully saturated rings. The Hall–Kier alpha value is -4.86. The van der Waals surface area contributed by atoms with Gasteiger partial charge in [0.25, 0.3) is 0 Å². The predicted octanol–water partition coefficient (Wildman–Crippen LogP) is 6.66. The molecule has 3 amide bonds. The normalized spacial score (nSPS) is 13.3. The molecule has 3 aromatic rings. The highest BCUT2D eigenvalue weighted by Gasteiger charge is 2.31. The molecule has 2 atom stereocenters. The second-order valence-electron chi connectivity index (χ2n) is 13.3. The highest BCUT2D eigenvalue weighted by Crippen LogP contribution is 2.44. The number of nitrogens with one attached hydrogen (secondary N) is 3. The molecular formula is C39H49N3O7. The van der Waals surface area contributed by atoms with Gasteiger partial charge < -0.3 is 30.2 Å². The van der Waals surface area contributed by atoms with Gasteiger partial charge in [-0.05, 0) is 87.1 Å².